The third-order valence-corrected chi connectivity index (χ3v) is 14.3. The summed E-state index contributed by atoms with van der Waals surface area (Å²) in [5.41, 5.74) is 17.0. The Labute approximate surface area is 403 Å². The Bertz CT molecular complexity index is 2720. The molecule has 0 saturated heterocycles. The largest absolute Gasteiger partial charge is 0.256 e. The van der Waals surface area contributed by atoms with Gasteiger partial charge in [-0.05, 0) is 115 Å². The lowest BCUT2D eigenvalue weighted by atomic mass is 9.73. The van der Waals surface area contributed by atoms with Crippen molar-refractivity contribution in [3.8, 4) is 0 Å². The fourth-order valence-corrected chi connectivity index (χ4v) is 9.05. The summed E-state index contributed by atoms with van der Waals surface area (Å²) in [5, 5.41) is 0. The average molecular weight is 885 g/mol. The van der Waals surface area contributed by atoms with Gasteiger partial charge < -0.3 is 0 Å². The minimum Gasteiger partial charge on any atom is -0.256 e. The predicted molar refractivity (Wildman–Crippen MR) is 289 cm³/mol. The monoisotopic (exact) mass is 884 g/mol. The molecule has 68 heavy (non-hydrogen) atoms. The molecule has 10 aliphatic heterocycles. The van der Waals surface area contributed by atoms with Crippen LogP contribution in [0.15, 0.2) is 214 Å². The van der Waals surface area contributed by atoms with Crippen molar-refractivity contribution >= 4 is 47.6 Å². The number of rotatable bonds is 0. The third-order valence-electron chi connectivity index (χ3n) is 14.3. The maximum Gasteiger partial charge on any atom is 0.0630 e. The summed E-state index contributed by atoms with van der Waals surface area (Å²) in [7, 11) is 0. The summed E-state index contributed by atoms with van der Waals surface area (Å²) in [6, 6.07) is 69.3. The van der Waals surface area contributed by atoms with Crippen LogP contribution in [0.4, 0.5) is 22.7 Å². The number of aliphatic imine (C=N–C) groups is 4. The topological polar surface area (TPSA) is 49.4 Å². The molecule has 16 bridgehead atoms. The van der Waals surface area contributed by atoms with Crippen LogP contribution in [0.3, 0.4) is 0 Å². The van der Waals surface area contributed by atoms with E-state index in [4.69, 9.17) is 20.0 Å². The number of nitrogens with zero attached hydrogens (tertiary/aromatic N) is 4. The van der Waals surface area contributed by atoms with Crippen molar-refractivity contribution in [2.75, 3.05) is 0 Å². The summed E-state index contributed by atoms with van der Waals surface area (Å²) in [5.74, 6) is 0. The highest BCUT2D eigenvalue weighted by atomic mass is 14.7. The van der Waals surface area contributed by atoms with Gasteiger partial charge in [-0.15, -0.1) is 0 Å². The molecule has 0 unspecified atom stereocenters. The van der Waals surface area contributed by atoms with E-state index in [1.54, 1.807) is 0 Å². The standard InChI is InChI=1S/C64H60N4/c1-61(2)49-23-31-57(32-24-49)65-41-45-15-17-46(18-16-45)43-67-59-35-27-51(28-36-59)63(5,6)55-13-10-14-56(40-55)64(7,8)52-29-37-60(38-30-52)68-44-48-21-19-47(20-22-48)42-66-58-33-25-50(26-34-58)62(3,4)54-12-9-11-53(61)39-54/h9-44H,1-8H3. The predicted octanol–water partition coefficient (Wildman–Crippen LogP) is 16.3. The van der Waals surface area contributed by atoms with E-state index < -0.39 is 0 Å². The van der Waals surface area contributed by atoms with Crippen molar-refractivity contribution in [3.63, 3.8) is 0 Å². The fraction of sp³-hybridized carbons (Fsp3) is 0.188. The molecule has 0 aliphatic carbocycles. The zero-order valence-electron chi connectivity index (χ0n) is 40.6. The minimum atomic E-state index is -0.212. The van der Waals surface area contributed by atoms with Gasteiger partial charge in [-0.1, -0.05) is 201 Å². The summed E-state index contributed by atoms with van der Waals surface area (Å²) in [4.78, 5) is 19.3. The van der Waals surface area contributed by atoms with E-state index in [1.165, 1.54) is 44.5 Å². The van der Waals surface area contributed by atoms with Gasteiger partial charge in [0.15, 0.2) is 0 Å². The zero-order chi connectivity index (χ0) is 47.5. The van der Waals surface area contributed by atoms with Gasteiger partial charge in [0.1, 0.15) is 0 Å². The molecule has 8 aromatic rings. The normalized spacial score (nSPS) is 15.9. The molecule has 0 radical (unpaired) electrons. The molecule has 0 fully saturated rings. The Hall–Kier alpha value is -7.56. The van der Waals surface area contributed by atoms with Gasteiger partial charge in [0.2, 0.25) is 0 Å². The van der Waals surface area contributed by atoms with Gasteiger partial charge in [0, 0.05) is 46.5 Å². The Kier molecular flexibility index (Phi) is 12.5. The van der Waals surface area contributed by atoms with Gasteiger partial charge >= 0.3 is 0 Å². The average Bonchev–Trinajstić information content (AvgIpc) is 3.37. The fourth-order valence-electron chi connectivity index (χ4n) is 9.05. The van der Waals surface area contributed by atoms with Crippen LogP contribution in [0.5, 0.6) is 0 Å². The Balaban J connectivity index is 1.01. The minimum absolute atomic E-state index is 0.212. The van der Waals surface area contributed by atoms with Gasteiger partial charge in [-0.2, -0.15) is 0 Å². The lowest BCUT2D eigenvalue weighted by Crippen LogP contribution is -2.22. The molecule has 0 N–H and O–H groups in total. The quantitative estimate of drug-likeness (QED) is 0.146. The number of hydrogen-bond acceptors (Lipinski definition) is 4. The summed E-state index contributed by atoms with van der Waals surface area (Å²) in [6.07, 6.45) is 7.69. The SMILES string of the molecule is CC1(C)c2ccc(cc2)N=Cc2ccc(cc2)C=Nc2ccc(cc2)C(C)(C)c2cccc(c2)C(C)(C)c2ccc(cc2)N=Cc2ccc(cc2)C=Nc2ccc(cc2)C(C)(C)c2cccc1c2. The molecule has 4 heteroatoms. The molecule has 0 atom stereocenters. The first-order valence-corrected chi connectivity index (χ1v) is 23.7. The maximum atomic E-state index is 4.83. The van der Waals surface area contributed by atoms with Crippen LogP contribution in [-0.2, 0) is 21.7 Å². The second kappa shape index (κ2) is 18.6. The molecule has 18 rings (SSSR count). The van der Waals surface area contributed by atoms with E-state index in [0.717, 1.165) is 45.0 Å². The van der Waals surface area contributed by atoms with Crippen molar-refractivity contribution < 1.29 is 0 Å². The van der Waals surface area contributed by atoms with E-state index in [9.17, 15) is 0 Å². The molecule has 10 heterocycles. The van der Waals surface area contributed by atoms with E-state index in [2.05, 4.69) is 250 Å². The molecule has 4 nitrogen and oxygen atoms in total. The summed E-state index contributed by atoms with van der Waals surface area (Å²) < 4.78 is 0. The molecule has 0 aromatic heterocycles. The highest BCUT2D eigenvalue weighted by Crippen LogP contribution is 2.40. The highest BCUT2D eigenvalue weighted by molar-refractivity contribution is 5.87. The molecule has 0 saturated carbocycles. The Morgan fingerprint density at radius 3 is 0.603 bits per heavy atom. The van der Waals surface area contributed by atoms with Crippen molar-refractivity contribution in [1.29, 1.82) is 0 Å². The van der Waals surface area contributed by atoms with Crippen LogP contribution in [0, 0.1) is 0 Å². The second-order valence-electron chi connectivity index (χ2n) is 20.2. The summed E-state index contributed by atoms with van der Waals surface area (Å²) >= 11 is 0. The van der Waals surface area contributed by atoms with E-state index in [0.29, 0.717) is 0 Å². The smallest absolute Gasteiger partial charge is 0.0630 e. The Morgan fingerprint density at radius 2 is 0.412 bits per heavy atom. The van der Waals surface area contributed by atoms with Gasteiger partial charge in [-0.3, -0.25) is 20.0 Å². The van der Waals surface area contributed by atoms with Crippen LogP contribution < -0.4 is 0 Å². The van der Waals surface area contributed by atoms with Crippen LogP contribution in [0.1, 0.15) is 122 Å². The second-order valence-corrected chi connectivity index (χ2v) is 20.2. The van der Waals surface area contributed by atoms with Crippen molar-refractivity contribution in [2.45, 2.75) is 77.0 Å². The first kappa shape index (κ1) is 45.6. The Morgan fingerprint density at radius 1 is 0.221 bits per heavy atom. The molecule has 0 amide bonds. The van der Waals surface area contributed by atoms with Gasteiger partial charge in [0.25, 0.3) is 0 Å². The van der Waals surface area contributed by atoms with E-state index in [-0.39, 0.29) is 21.7 Å². The van der Waals surface area contributed by atoms with Gasteiger partial charge in [-0.25, -0.2) is 0 Å². The molecular formula is C64H60N4. The summed E-state index contributed by atoms with van der Waals surface area (Å²) in [6.45, 7) is 18.4. The van der Waals surface area contributed by atoms with Crippen LogP contribution >= 0.6 is 0 Å². The first-order valence-electron chi connectivity index (χ1n) is 23.7. The van der Waals surface area contributed by atoms with Gasteiger partial charge in [0.05, 0.1) is 22.7 Å². The van der Waals surface area contributed by atoms with E-state index in [1.807, 2.05) is 24.9 Å². The van der Waals surface area contributed by atoms with E-state index >= 15 is 0 Å². The maximum absolute atomic E-state index is 4.83. The molecule has 336 valence electrons. The highest BCUT2D eigenvalue weighted by Gasteiger charge is 2.29. The lowest BCUT2D eigenvalue weighted by Gasteiger charge is -2.31. The molecular weight excluding hydrogens is 825 g/mol. The molecule has 0 spiro atoms. The number of hydrogen-bond donors (Lipinski definition) is 0. The first-order chi connectivity index (χ1) is 32.6. The molecule has 8 aromatic carbocycles. The van der Waals surface area contributed by atoms with Crippen molar-refractivity contribution in [2.24, 2.45) is 20.0 Å². The number of benzene rings is 8. The van der Waals surface area contributed by atoms with Crippen LogP contribution in [0.25, 0.3) is 0 Å². The third kappa shape index (κ3) is 9.78. The van der Waals surface area contributed by atoms with Crippen molar-refractivity contribution in [3.05, 3.63) is 261 Å². The lowest BCUT2D eigenvalue weighted by molar-refractivity contribution is 0.617. The molecule has 10 aliphatic rings. The van der Waals surface area contributed by atoms with Crippen LogP contribution in [0.2, 0.25) is 0 Å². The van der Waals surface area contributed by atoms with Crippen LogP contribution in [-0.4, -0.2) is 24.9 Å². The zero-order valence-corrected chi connectivity index (χ0v) is 40.6. The van der Waals surface area contributed by atoms with Crippen molar-refractivity contribution in [1.82, 2.24) is 0 Å².